The van der Waals surface area contributed by atoms with Gasteiger partial charge in [-0.05, 0) is 40.3 Å². The minimum absolute atomic E-state index is 0.0464. The molecule has 21 heavy (non-hydrogen) atoms. The fraction of sp³-hybridized carbons (Fsp3) is 0.714. The van der Waals surface area contributed by atoms with Gasteiger partial charge in [0, 0.05) is 25.2 Å². The van der Waals surface area contributed by atoms with Crippen LogP contribution in [-0.4, -0.2) is 56.0 Å². The molecule has 1 unspecified atom stereocenters. The Morgan fingerprint density at radius 1 is 1.38 bits per heavy atom. The van der Waals surface area contributed by atoms with E-state index in [0.717, 1.165) is 25.9 Å². The lowest BCUT2D eigenvalue weighted by molar-refractivity contribution is 0.187. The lowest BCUT2D eigenvalue weighted by Crippen LogP contribution is -2.47. The van der Waals surface area contributed by atoms with Crippen molar-refractivity contribution < 1.29 is 17.9 Å². The van der Waals surface area contributed by atoms with E-state index in [9.17, 15) is 13.5 Å². The summed E-state index contributed by atoms with van der Waals surface area (Å²) in [5.74, 6) is 0.801. The van der Waals surface area contributed by atoms with E-state index in [2.05, 4.69) is 4.90 Å². The van der Waals surface area contributed by atoms with Gasteiger partial charge in [0.1, 0.15) is 16.4 Å². The number of aliphatic hydroxyl groups excluding tert-OH is 1. The van der Waals surface area contributed by atoms with Crippen LogP contribution in [0, 0.1) is 13.8 Å². The molecule has 0 aliphatic carbocycles. The summed E-state index contributed by atoms with van der Waals surface area (Å²) in [5, 5.41) is 9.46. The fourth-order valence-corrected chi connectivity index (χ4v) is 4.78. The molecule has 0 amide bonds. The minimum atomic E-state index is -3.66. The minimum Gasteiger partial charge on any atom is -0.465 e. The zero-order chi connectivity index (χ0) is 15.8. The molecule has 2 rings (SSSR count). The predicted molar refractivity (Wildman–Crippen MR) is 79.6 cm³/mol. The van der Waals surface area contributed by atoms with Crippen LogP contribution in [0.15, 0.2) is 9.31 Å². The van der Waals surface area contributed by atoms with Gasteiger partial charge in [-0.2, -0.15) is 4.31 Å². The lowest BCUT2D eigenvalue weighted by atomic mass is 10.1. The molecule has 0 radical (unpaired) electrons. The van der Waals surface area contributed by atoms with Gasteiger partial charge in [-0.3, -0.25) is 0 Å². The largest absolute Gasteiger partial charge is 0.465 e. The molecule has 2 heterocycles. The van der Waals surface area contributed by atoms with Gasteiger partial charge < -0.3 is 14.4 Å². The molecule has 120 valence electrons. The highest BCUT2D eigenvalue weighted by Crippen LogP contribution is 2.30. The monoisotopic (exact) mass is 316 g/mol. The molecule has 1 aromatic heterocycles. The van der Waals surface area contributed by atoms with Crippen LogP contribution in [-0.2, 0) is 16.6 Å². The summed E-state index contributed by atoms with van der Waals surface area (Å²) in [6.07, 6.45) is 1.84. The maximum absolute atomic E-state index is 12.9. The Labute approximate surface area is 126 Å². The van der Waals surface area contributed by atoms with Gasteiger partial charge in [0.15, 0.2) is 0 Å². The molecule has 1 aliphatic heterocycles. The average Bonchev–Trinajstić information content (AvgIpc) is 2.72. The summed E-state index contributed by atoms with van der Waals surface area (Å²) in [5.41, 5.74) is 0.364. The molecule has 1 atom stereocenters. The van der Waals surface area contributed by atoms with Crippen LogP contribution < -0.4 is 0 Å². The van der Waals surface area contributed by atoms with Crippen molar-refractivity contribution in [3.8, 4) is 0 Å². The van der Waals surface area contributed by atoms with Crippen molar-refractivity contribution >= 4 is 10.0 Å². The second-order valence-corrected chi connectivity index (χ2v) is 7.69. The van der Waals surface area contributed by atoms with Gasteiger partial charge in [-0.15, -0.1) is 0 Å². The summed E-state index contributed by atoms with van der Waals surface area (Å²) >= 11 is 0. The topological polar surface area (TPSA) is 74.0 Å². The molecule has 0 saturated carbocycles. The van der Waals surface area contributed by atoms with Gasteiger partial charge in [0.25, 0.3) is 0 Å². The third kappa shape index (κ3) is 3.01. The van der Waals surface area contributed by atoms with Gasteiger partial charge in [-0.1, -0.05) is 0 Å². The predicted octanol–water partition coefficient (Wildman–Crippen LogP) is 1.10. The quantitative estimate of drug-likeness (QED) is 0.900. The Kier molecular flexibility index (Phi) is 4.77. The lowest BCUT2D eigenvalue weighted by Gasteiger charge is -2.35. The molecule has 0 aromatic carbocycles. The number of hydrogen-bond acceptors (Lipinski definition) is 5. The smallest absolute Gasteiger partial charge is 0.246 e. The molecule has 7 heteroatoms. The number of rotatable bonds is 4. The van der Waals surface area contributed by atoms with Crippen LogP contribution >= 0.6 is 0 Å². The number of furan rings is 1. The summed E-state index contributed by atoms with van der Waals surface area (Å²) in [6, 6.07) is -0.0464. The Morgan fingerprint density at radius 3 is 2.62 bits per heavy atom. The maximum atomic E-state index is 12.9. The van der Waals surface area contributed by atoms with Gasteiger partial charge in [0.05, 0.1) is 6.61 Å². The molecule has 1 aliphatic rings. The highest BCUT2D eigenvalue weighted by molar-refractivity contribution is 7.89. The Morgan fingerprint density at radius 2 is 2.05 bits per heavy atom. The van der Waals surface area contributed by atoms with E-state index in [1.165, 1.54) is 4.31 Å². The molecule has 0 spiro atoms. The molecular formula is C14H24N2O4S. The Bertz CT molecular complexity index is 609. The Balaban J connectivity index is 2.37. The van der Waals surface area contributed by atoms with Crippen LogP contribution in [0.1, 0.15) is 29.9 Å². The van der Waals surface area contributed by atoms with Gasteiger partial charge in [-0.25, -0.2) is 8.42 Å². The second-order valence-electron chi connectivity index (χ2n) is 5.76. The van der Waals surface area contributed by atoms with Crippen molar-refractivity contribution in [2.24, 2.45) is 0 Å². The first-order chi connectivity index (χ1) is 9.78. The molecule has 1 aromatic rings. The summed E-state index contributed by atoms with van der Waals surface area (Å²) < 4.78 is 32.6. The normalized spacial score (nSPS) is 21.1. The summed E-state index contributed by atoms with van der Waals surface area (Å²) in [7, 11) is -0.0495. The van der Waals surface area contributed by atoms with E-state index in [-0.39, 0.29) is 17.5 Å². The van der Waals surface area contributed by atoms with Gasteiger partial charge >= 0.3 is 0 Å². The molecule has 1 fully saturated rings. The molecule has 1 saturated heterocycles. The zero-order valence-corrected chi connectivity index (χ0v) is 13.9. The molecule has 1 N–H and O–H groups in total. The van der Waals surface area contributed by atoms with E-state index >= 15 is 0 Å². The fourth-order valence-electron chi connectivity index (χ4n) is 3.01. The second kappa shape index (κ2) is 6.08. The van der Waals surface area contributed by atoms with Crippen LogP contribution in [0.3, 0.4) is 0 Å². The van der Waals surface area contributed by atoms with Crippen molar-refractivity contribution in [3.63, 3.8) is 0 Å². The first-order valence-corrected chi connectivity index (χ1v) is 8.59. The third-order valence-corrected chi connectivity index (χ3v) is 6.34. The van der Waals surface area contributed by atoms with Crippen molar-refractivity contribution in [1.82, 2.24) is 9.21 Å². The molecule has 6 nitrogen and oxygen atoms in total. The van der Waals surface area contributed by atoms with Crippen molar-refractivity contribution in [1.29, 1.82) is 0 Å². The average molecular weight is 316 g/mol. The van der Waals surface area contributed by atoms with Crippen molar-refractivity contribution in [3.05, 3.63) is 17.1 Å². The van der Waals surface area contributed by atoms with E-state index in [1.807, 2.05) is 7.05 Å². The standard InChI is InChI=1S/C14H24N2O4S/c1-10-13(9-17)14(11(2)20-10)21(18,19)16(4)12-6-5-7-15(3)8-12/h12,17H,5-9H2,1-4H3. The molecule has 0 bridgehead atoms. The number of hydrogen-bond donors (Lipinski definition) is 1. The van der Waals surface area contributed by atoms with Crippen LogP contribution in [0.2, 0.25) is 0 Å². The number of nitrogens with zero attached hydrogens (tertiary/aromatic N) is 2. The Hall–Kier alpha value is -0.890. The first kappa shape index (κ1) is 16.5. The molecular weight excluding hydrogens is 292 g/mol. The first-order valence-electron chi connectivity index (χ1n) is 7.15. The van der Waals surface area contributed by atoms with Crippen LogP contribution in [0.25, 0.3) is 0 Å². The number of sulfonamides is 1. The summed E-state index contributed by atoms with van der Waals surface area (Å²) in [4.78, 5) is 2.26. The highest BCUT2D eigenvalue weighted by Gasteiger charge is 2.35. The van der Waals surface area contributed by atoms with E-state index in [0.29, 0.717) is 17.1 Å². The zero-order valence-electron chi connectivity index (χ0n) is 13.1. The van der Waals surface area contributed by atoms with Crippen molar-refractivity contribution in [2.75, 3.05) is 27.2 Å². The number of likely N-dealkylation sites (N-methyl/N-ethyl adjacent to an activating group) is 2. The van der Waals surface area contributed by atoms with E-state index in [4.69, 9.17) is 4.42 Å². The van der Waals surface area contributed by atoms with Crippen molar-refractivity contribution in [2.45, 2.75) is 44.2 Å². The number of aryl methyl sites for hydroxylation is 2. The maximum Gasteiger partial charge on any atom is 0.246 e. The van der Waals surface area contributed by atoms with E-state index < -0.39 is 10.0 Å². The number of likely N-dealkylation sites (tertiary alicyclic amines) is 1. The SMILES string of the molecule is Cc1oc(C)c(S(=O)(=O)N(C)C2CCCN(C)C2)c1CO. The van der Waals surface area contributed by atoms with Crippen LogP contribution in [0.5, 0.6) is 0 Å². The van der Waals surface area contributed by atoms with Gasteiger partial charge in [0.2, 0.25) is 10.0 Å². The van der Waals surface area contributed by atoms with Crippen LogP contribution in [0.4, 0.5) is 0 Å². The number of aliphatic hydroxyl groups is 1. The summed E-state index contributed by atoms with van der Waals surface area (Å²) in [6.45, 7) is 4.68. The number of piperidine rings is 1. The third-order valence-electron chi connectivity index (χ3n) is 4.23. The van der Waals surface area contributed by atoms with E-state index in [1.54, 1.807) is 20.9 Å². The highest BCUT2D eigenvalue weighted by atomic mass is 32.2.